The van der Waals surface area contributed by atoms with Crippen molar-refractivity contribution in [2.45, 2.75) is 56.3 Å². The summed E-state index contributed by atoms with van der Waals surface area (Å²) < 4.78 is 11.6. The minimum absolute atomic E-state index is 0.0356. The van der Waals surface area contributed by atoms with Gasteiger partial charge >= 0.3 is 6.03 Å². The number of hydrazine groups is 2. The van der Waals surface area contributed by atoms with E-state index in [1.807, 2.05) is 35.2 Å². The van der Waals surface area contributed by atoms with Gasteiger partial charge in [-0.3, -0.25) is 0 Å². The van der Waals surface area contributed by atoms with Crippen LogP contribution in [-0.2, 0) is 4.74 Å². The topological polar surface area (TPSA) is 86.9 Å². The molecular weight excluding hydrogens is 358 g/mol. The van der Waals surface area contributed by atoms with Crippen LogP contribution < -0.4 is 26.4 Å². The lowest BCUT2D eigenvalue weighted by molar-refractivity contribution is 0.0760. The number of hydrogen-bond donors (Lipinski definition) is 4. The van der Waals surface area contributed by atoms with Crippen LogP contribution in [-0.4, -0.2) is 61.5 Å². The lowest BCUT2D eigenvalue weighted by Gasteiger charge is -2.35. The Balaban J connectivity index is 1.33. The molecule has 2 saturated heterocycles. The molecule has 8 heteroatoms. The number of fused-ring (bicyclic) bond motifs is 1. The third kappa shape index (κ3) is 4.94. The number of nitrogens with one attached hydrogen (secondary N) is 4. The van der Waals surface area contributed by atoms with Gasteiger partial charge in [0.25, 0.3) is 0 Å². The maximum atomic E-state index is 13.1. The molecule has 154 valence electrons. The Bertz CT molecular complexity index is 626. The molecule has 2 heterocycles. The predicted octanol–water partition coefficient (Wildman–Crippen LogP) is 1.16. The Kier molecular flexibility index (Phi) is 6.64. The number of rotatable bonds is 7. The Hall–Kier alpha value is -1.87. The van der Waals surface area contributed by atoms with Gasteiger partial charge in [0.05, 0.1) is 18.7 Å². The zero-order valence-corrected chi connectivity index (χ0v) is 16.2. The molecule has 4 rings (SSSR count). The molecule has 3 aliphatic rings. The van der Waals surface area contributed by atoms with Crippen molar-refractivity contribution in [2.75, 3.05) is 26.3 Å². The molecule has 1 aromatic rings. The first kappa shape index (κ1) is 19.4. The van der Waals surface area contributed by atoms with Crippen molar-refractivity contribution in [3.8, 4) is 5.75 Å². The lowest BCUT2D eigenvalue weighted by atomic mass is 9.87. The van der Waals surface area contributed by atoms with Crippen molar-refractivity contribution >= 4 is 6.03 Å². The number of para-hydroxylation sites is 1. The molecule has 0 bridgehead atoms. The van der Waals surface area contributed by atoms with E-state index in [1.165, 1.54) is 0 Å². The first-order chi connectivity index (χ1) is 13.8. The van der Waals surface area contributed by atoms with Gasteiger partial charge in [0, 0.05) is 25.2 Å². The molecule has 2 aliphatic heterocycles. The van der Waals surface area contributed by atoms with Crippen LogP contribution in [0.4, 0.5) is 4.79 Å². The number of benzene rings is 1. The maximum Gasteiger partial charge on any atom is 0.317 e. The van der Waals surface area contributed by atoms with Crippen LogP contribution in [0.25, 0.3) is 0 Å². The fraction of sp³-hybridized carbons (Fsp3) is 0.650. The molecule has 4 unspecified atom stereocenters. The summed E-state index contributed by atoms with van der Waals surface area (Å²) in [6.45, 7) is 2.39. The van der Waals surface area contributed by atoms with E-state index in [0.717, 1.165) is 44.5 Å². The van der Waals surface area contributed by atoms with Crippen molar-refractivity contribution in [1.82, 2.24) is 26.6 Å². The van der Waals surface area contributed by atoms with Gasteiger partial charge in [0.1, 0.15) is 12.4 Å². The van der Waals surface area contributed by atoms with Crippen molar-refractivity contribution in [3.05, 3.63) is 30.3 Å². The normalized spacial score (nSPS) is 29.3. The monoisotopic (exact) mass is 389 g/mol. The Labute approximate surface area is 166 Å². The Morgan fingerprint density at radius 2 is 2.07 bits per heavy atom. The SMILES string of the molecule is O=C(NC1CCCC2NNNC21)N(CCOc1ccccc1)CC1CCCO1. The number of nitrogens with zero attached hydrogens (tertiary/aromatic N) is 1. The maximum absolute atomic E-state index is 13.1. The zero-order chi connectivity index (χ0) is 19.2. The summed E-state index contributed by atoms with van der Waals surface area (Å²) in [4.78, 5) is 14.9. The molecule has 1 aliphatic carbocycles. The highest BCUT2D eigenvalue weighted by molar-refractivity contribution is 5.74. The third-order valence-electron chi connectivity index (χ3n) is 5.81. The van der Waals surface area contributed by atoms with Crippen LogP contribution in [0.1, 0.15) is 32.1 Å². The Morgan fingerprint density at radius 1 is 1.18 bits per heavy atom. The molecule has 28 heavy (non-hydrogen) atoms. The fourth-order valence-electron chi connectivity index (χ4n) is 4.29. The smallest absolute Gasteiger partial charge is 0.317 e. The zero-order valence-electron chi connectivity index (χ0n) is 16.2. The van der Waals surface area contributed by atoms with Gasteiger partial charge in [-0.1, -0.05) is 18.2 Å². The van der Waals surface area contributed by atoms with Crippen LogP contribution in [0.15, 0.2) is 30.3 Å². The lowest BCUT2D eigenvalue weighted by Crippen LogP contribution is -2.58. The van der Waals surface area contributed by atoms with E-state index in [2.05, 4.69) is 21.7 Å². The molecule has 8 nitrogen and oxygen atoms in total. The van der Waals surface area contributed by atoms with Gasteiger partial charge in [-0.25, -0.2) is 15.6 Å². The number of carbonyl (C=O) groups is 1. The number of amides is 2. The molecule has 0 radical (unpaired) electrons. The standard InChI is InChI=1S/C20H31N5O3/c26-20(21-17-9-4-10-18-19(17)23-24-22-18)25(14-16-8-5-12-27-16)11-13-28-15-6-2-1-3-7-15/h1-3,6-7,16-19,22-24H,4-5,8-14H2,(H,21,26). The molecule has 1 aromatic carbocycles. The minimum Gasteiger partial charge on any atom is -0.492 e. The summed E-state index contributed by atoms with van der Waals surface area (Å²) >= 11 is 0. The molecule has 2 amide bonds. The van der Waals surface area contributed by atoms with Gasteiger partial charge in [0.15, 0.2) is 0 Å². The quantitative estimate of drug-likeness (QED) is 0.560. The average molecular weight is 390 g/mol. The predicted molar refractivity (Wildman–Crippen MR) is 106 cm³/mol. The van der Waals surface area contributed by atoms with Gasteiger partial charge in [-0.05, 0) is 44.2 Å². The number of hydrogen-bond acceptors (Lipinski definition) is 6. The summed E-state index contributed by atoms with van der Waals surface area (Å²) in [5.41, 5.74) is 9.49. The number of urea groups is 1. The van der Waals surface area contributed by atoms with Crippen molar-refractivity contribution in [3.63, 3.8) is 0 Å². The van der Waals surface area contributed by atoms with Crippen LogP contribution in [0.3, 0.4) is 0 Å². The first-order valence-electron chi connectivity index (χ1n) is 10.4. The molecule has 0 spiro atoms. The van der Waals surface area contributed by atoms with E-state index >= 15 is 0 Å². The second kappa shape index (κ2) is 9.56. The largest absolute Gasteiger partial charge is 0.492 e. The van der Waals surface area contributed by atoms with Crippen LogP contribution in [0, 0.1) is 0 Å². The highest BCUT2D eigenvalue weighted by Gasteiger charge is 2.38. The molecule has 1 saturated carbocycles. The third-order valence-corrected chi connectivity index (χ3v) is 5.81. The molecule has 4 N–H and O–H groups in total. The summed E-state index contributed by atoms with van der Waals surface area (Å²) in [6, 6.07) is 10.3. The van der Waals surface area contributed by atoms with Crippen molar-refractivity contribution in [2.24, 2.45) is 0 Å². The number of carbonyl (C=O) groups excluding carboxylic acids is 1. The molecule has 0 aromatic heterocycles. The summed E-state index contributed by atoms with van der Waals surface area (Å²) in [7, 11) is 0. The summed E-state index contributed by atoms with van der Waals surface area (Å²) in [6.07, 6.45) is 5.39. The van der Waals surface area contributed by atoms with E-state index in [0.29, 0.717) is 25.7 Å². The highest BCUT2D eigenvalue weighted by Crippen LogP contribution is 2.21. The minimum atomic E-state index is -0.0356. The van der Waals surface area contributed by atoms with Gasteiger partial charge in [0.2, 0.25) is 0 Å². The van der Waals surface area contributed by atoms with E-state index in [-0.39, 0.29) is 24.2 Å². The highest BCUT2D eigenvalue weighted by atomic mass is 16.5. The van der Waals surface area contributed by atoms with E-state index in [9.17, 15) is 4.79 Å². The van der Waals surface area contributed by atoms with E-state index < -0.39 is 0 Å². The van der Waals surface area contributed by atoms with Crippen molar-refractivity contribution in [1.29, 1.82) is 0 Å². The van der Waals surface area contributed by atoms with E-state index in [4.69, 9.17) is 9.47 Å². The molecular formula is C20H31N5O3. The number of ether oxygens (including phenoxy) is 2. The van der Waals surface area contributed by atoms with Crippen LogP contribution in [0.5, 0.6) is 5.75 Å². The second-order valence-electron chi connectivity index (χ2n) is 7.78. The first-order valence-corrected chi connectivity index (χ1v) is 10.4. The van der Waals surface area contributed by atoms with Crippen LogP contribution in [0.2, 0.25) is 0 Å². The van der Waals surface area contributed by atoms with E-state index in [1.54, 1.807) is 0 Å². The van der Waals surface area contributed by atoms with Gasteiger partial charge < -0.3 is 19.7 Å². The summed E-state index contributed by atoms with van der Waals surface area (Å²) in [5.74, 6) is 0.822. The summed E-state index contributed by atoms with van der Waals surface area (Å²) in [5, 5.41) is 3.25. The average Bonchev–Trinajstić information content (AvgIpc) is 3.40. The fourth-order valence-corrected chi connectivity index (χ4v) is 4.29. The molecule has 4 atom stereocenters. The van der Waals surface area contributed by atoms with Crippen molar-refractivity contribution < 1.29 is 14.3 Å². The molecule has 3 fully saturated rings. The second-order valence-corrected chi connectivity index (χ2v) is 7.78. The Morgan fingerprint density at radius 3 is 2.89 bits per heavy atom. The van der Waals surface area contributed by atoms with Gasteiger partial charge in [-0.15, -0.1) is 0 Å². The van der Waals surface area contributed by atoms with Crippen LogP contribution >= 0.6 is 0 Å². The van der Waals surface area contributed by atoms with Gasteiger partial charge in [-0.2, -0.15) is 5.53 Å².